The van der Waals surface area contributed by atoms with Crippen LogP contribution < -0.4 is 10.1 Å². The highest BCUT2D eigenvalue weighted by Crippen LogP contribution is 2.30. The number of amides is 1. The van der Waals surface area contributed by atoms with Gasteiger partial charge in [0.1, 0.15) is 5.75 Å². The second kappa shape index (κ2) is 9.32. The minimum atomic E-state index is -0.0898. The van der Waals surface area contributed by atoms with Crippen LogP contribution in [0.15, 0.2) is 73.2 Å². The Kier molecular flexibility index (Phi) is 5.93. The fourth-order valence-corrected chi connectivity index (χ4v) is 4.51. The van der Waals surface area contributed by atoms with Crippen LogP contribution in [-0.4, -0.2) is 32.6 Å². The minimum Gasteiger partial charge on any atom is -0.496 e. The van der Waals surface area contributed by atoms with Crippen molar-refractivity contribution in [3.63, 3.8) is 0 Å². The summed E-state index contributed by atoms with van der Waals surface area (Å²) >= 11 is 0. The first-order valence-corrected chi connectivity index (χ1v) is 11.2. The zero-order valence-electron chi connectivity index (χ0n) is 18.6. The summed E-state index contributed by atoms with van der Waals surface area (Å²) < 4.78 is 9.37. The van der Waals surface area contributed by atoms with Gasteiger partial charge in [-0.3, -0.25) is 14.2 Å². The Balaban J connectivity index is 1.34. The summed E-state index contributed by atoms with van der Waals surface area (Å²) in [5.74, 6) is 0.650. The molecular formula is C26H27N5O2. The Bertz CT molecular complexity index is 1230. The number of ether oxygens (including phenoxy) is 1. The van der Waals surface area contributed by atoms with Gasteiger partial charge >= 0.3 is 0 Å². The normalized spacial score (nSPS) is 15.1. The number of nitrogens with one attached hydrogen (secondary N) is 1. The Hall–Kier alpha value is -3.87. The molecule has 1 N–H and O–H groups in total. The molecule has 0 saturated carbocycles. The van der Waals surface area contributed by atoms with Crippen molar-refractivity contribution in [3.8, 4) is 5.75 Å². The summed E-state index contributed by atoms with van der Waals surface area (Å²) in [7, 11) is 1.64. The van der Waals surface area contributed by atoms with Crippen molar-refractivity contribution in [1.82, 2.24) is 24.9 Å². The number of hydrogen-bond acceptors (Lipinski definition) is 4. The fourth-order valence-electron chi connectivity index (χ4n) is 4.51. The first kappa shape index (κ1) is 21.0. The quantitative estimate of drug-likeness (QED) is 0.471. The number of carbonyl (C=O) groups excluding carboxylic acids is 1. The fraction of sp³-hybridized carbons (Fsp3) is 0.269. The molecule has 2 aromatic heterocycles. The van der Waals surface area contributed by atoms with Crippen molar-refractivity contribution in [2.24, 2.45) is 0 Å². The highest BCUT2D eigenvalue weighted by atomic mass is 16.5. The summed E-state index contributed by atoms with van der Waals surface area (Å²) in [5.41, 5.74) is 5.08. The van der Waals surface area contributed by atoms with Gasteiger partial charge in [-0.1, -0.05) is 30.3 Å². The number of methoxy groups -OCH3 is 1. The maximum Gasteiger partial charge on any atom is 0.251 e. The molecule has 2 heterocycles. The molecule has 2 aromatic carbocycles. The summed E-state index contributed by atoms with van der Waals surface area (Å²) in [6.07, 6.45) is 8.45. The van der Waals surface area contributed by atoms with Gasteiger partial charge < -0.3 is 10.1 Å². The monoisotopic (exact) mass is 441 g/mol. The van der Waals surface area contributed by atoms with Crippen LogP contribution in [0.1, 0.15) is 51.6 Å². The first-order chi connectivity index (χ1) is 16.2. The van der Waals surface area contributed by atoms with Gasteiger partial charge in [-0.05, 0) is 49.1 Å². The van der Waals surface area contributed by atoms with Gasteiger partial charge in [-0.2, -0.15) is 10.2 Å². The highest BCUT2D eigenvalue weighted by molar-refractivity contribution is 5.94. The Morgan fingerprint density at radius 3 is 2.79 bits per heavy atom. The van der Waals surface area contributed by atoms with Crippen LogP contribution in [0.25, 0.3) is 0 Å². The Morgan fingerprint density at radius 2 is 2.00 bits per heavy atom. The van der Waals surface area contributed by atoms with E-state index < -0.39 is 0 Å². The summed E-state index contributed by atoms with van der Waals surface area (Å²) in [6, 6.07) is 17.7. The molecule has 0 radical (unpaired) electrons. The van der Waals surface area contributed by atoms with E-state index in [1.54, 1.807) is 13.3 Å². The molecule has 0 spiro atoms. The van der Waals surface area contributed by atoms with E-state index in [9.17, 15) is 4.79 Å². The standard InChI is InChI=1S/C26H27N5O2/c1-33-25-12-11-20(15-21(25)18-30-14-6-13-27-30)26(32)29-23-9-5-10-24-22(23)16-28-31(24)17-19-7-3-2-4-8-19/h2-4,6-8,11-16,23H,5,9-10,17-18H2,1H3,(H,29,32). The van der Waals surface area contributed by atoms with Crippen LogP contribution in [0.2, 0.25) is 0 Å². The highest BCUT2D eigenvalue weighted by Gasteiger charge is 2.26. The smallest absolute Gasteiger partial charge is 0.251 e. The molecule has 168 valence electrons. The average Bonchev–Trinajstić information content (AvgIpc) is 3.50. The Labute approximate surface area is 193 Å². The zero-order chi connectivity index (χ0) is 22.6. The van der Waals surface area contributed by atoms with E-state index in [4.69, 9.17) is 4.74 Å². The number of benzene rings is 2. The molecule has 7 heteroatoms. The summed E-state index contributed by atoms with van der Waals surface area (Å²) in [6.45, 7) is 1.28. The molecule has 0 aliphatic heterocycles. The molecule has 0 fully saturated rings. The molecule has 5 rings (SSSR count). The van der Waals surface area contributed by atoms with Gasteiger partial charge in [0.05, 0.1) is 32.4 Å². The molecule has 7 nitrogen and oxygen atoms in total. The largest absolute Gasteiger partial charge is 0.496 e. The van der Waals surface area contributed by atoms with Crippen LogP contribution in [-0.2, 0) is 19.5 Å². The molecule has 0 bridgehead atoms. The lowest BCUT2D eigenvalue weighted by Gasteiger charge is -2.24. The first-order valence-electron chi connectivity index (χ1n) is 11.2. The maximum absolute atomic E-state index is 13.2. The molecule has 1 amide bonds. The second-order valence-electron chi connectivity index (χ2n) is 8.34. The van der Waals surface area contributed by atoms with E-state index in [2.05, 4.69) is 32.3 Å². The topological polar surface area (TPSA) is 74.0 Å². The number of nitrogens with zero attached hydrogens (tertiary/aromatic N) is 4. The van der Waals surface area contributed by atoms with Gasteiger partial charge in [-0.25, -0.2) is 0 Å². The van der Waals surface area contributed by atoms with E-state index >= 15 is 0 Å². The van der Waals surface area contributed by atoms with Crippen LogP contribution in [0.4, 0.5) is 0 Å². The third-order valence-electron chi connectivity index (χ3n) is 6.18. The van der Waals surface area contributed by atoms with Crippen molar-refractivity contribution in [2.75, 3.05) is 7.11 Å². The minimum absolute atomic E-state index is 0.0394. The second-order valence-corrected chi connectivity index (χ2v) is 8.34. The third-order valence-corrected chi connectivity index (χ3v) is 6.18. The van der Waals surface area contributed by atoms with Crippen LogP contribution in [0.3, 0.4) is 0 Å². The lowest BCUT2D eigenvalue weighted by Crippen LogP contribution is -2.31. The molecule has 1 atom stereocenters. The SMILES string of the molecule is COc1ccc(C(=O)NC2CCCc3c2cnn3Cc2ccccc2)cc1Cn1cccn1. The number of aromatic nitrogens is 4. The summed E-state index contributed by atoms with van der Waals surface area (Å²) in [5, 5.41) is 12.1. The van der Waals surface area contributed by atoms with Crippen molar-refractivity contribution in [2.45, 2.75) is 38.4 Å². The predicted octanol–water partition coefficient (Wildman–Crippen LogP) is 3.99. The van der Waals surface area contributed by atoms with E-state index in [0.717, 1.165) is 42.7 Å². The van der Waals surface area contributed by atoms with E-state index in [0.29, 0.717) is 12.1 Å². The van der Waals surface area contributed by atoms with Crippen LogP contribution >= 0.6 is 0 Å². The zero-order valence-corrected chi connectivity index (χ0v) is 18.6. The average molecular weight is 442 g/mol. The molecule has 33 heavy (non-hydrogen) atoms. The molecule has 4 aromatic rings. The molecule has 1 unspecified atom stereocenters. The van der Waals surface area contributed by atoms with E-state index in [1.807, 2.05) is 59.5 Å². The molecular weight excluding hydrogens is 414 g/mol. The van der Waals surface area contributed by atoms with E-state index in [-0.39, 0.29) is 11.9 Å². The Morgan fingerprint density at radius 1 is 1.12 bits per heavy atom. The lowest BCUT2D eigenvalue weighted by atomic mass is 9.92. The van der Waals surface area contributed by atoms with Gasteiger partial charge in [0.25, 0.3) is 5.91 Å². The predicted molar refractivity (Wildman–Crippen MR) is 125 cm³/mol. The van der Waals surface area contributed by atoms with Gasteiger partial charge in [-0.15, -0.1) is 0 Å². The maximum atomic E-state index is 13.2. The number of rotatable bonds is 7. The van der Waals surface area contributed by atoms with Crippen molar-refractivity contribution in [1.29, 1.82) is 0 Å². The number of carbonyl (C=O) groups is 1. The van der Waals surface area contributed by atoms with Crippen molar-refractivity contribution in [3.05, 3.63) is 101 Å². The van der Waals surface area contributed by atoms with Gasteiger partial charge in [0.2, 0.25) is 0 Å². The van der Waals surface area contributed by atoms with Crippen LogP contribution in [0, 0.1) is 0 Å². The van der Waals surface area contributed by atoms with Crippen LogP contribution in [0.5, 0.6) is 5.75 Å². The number of hydrogen-bond donors (Lipinski definition) is 1. The van der Waals surface area contributed by atoms with E-state index in [1.165, 1.54) is 11.3 Å². The molecule has 1 aliphatic rings. The van der Waals surface area contributed by atoms with Crippen molar-refractivity contribution < 1.29 is 9.53 Å². The third kappa shape index (κ3) is 4.53. The lowest BCUT2D eigenvalue weighted by molar-refractivity contribution is 0.0932. The number of fused-ring (bicyclic) bond motifs is 1. The van der Waals surface area contributed by atoms with Crippen molar-refractivity contribution >= 4 is 5.91 Å². The van der Waals surface area contributed by atoms with Gasteiger partial charge in [0, 0.05) is 34.8 Å². The summed E-state index contributed by atoms with van der Waals surface area (Å²) in [4.78, 5) is 13.2. The molecule has 1 aliphatic carbocycles. The molecule has 0 saturated heterocycles. The van der Waals surface area contributed by atoms with Gasteiger partial charge in [0.15, 0.2) is 0 Å².